The third-order valence-electron chi connectivity index (χ3n) is 3.40. The molecule has 1 atom stereocenters. The van der Waals surface area contributed by atoms with Gasteiger partial charge < -0.3 is 10.2 Å². The quantitative estimate of drug-likeness (QED) is 0.890. The molecule has 94 valence electrons. The summed E-state index contributed by atoms with van der Waals surface area (Å²) in [5.41, 5.74) is 1.38. The topological polar surface area (TPSA) is 15.3 Å². The van der Waals surface area contributed by atoms with E-state index in [2.05, 4.69) is 29.3 Å². The van der Waals surface area contributed by atoms with Gasteiger partial charge in [0.25, 0.3) is 0 Å². The summed E-state index contributed by atoms with van der Waals surface area (Å²) in [7, 11) is 0. The number of hydrogen-bond acceptors (Lipinski definition) is 2. The maximum absolute atomic E-state index is 5.91. The Morgan fingerprint density at radius 2 is 2.00 bits per heavy atom. The highest BCUT2D eigenvalue weighted by atomic mass is 35.5. The standard InChI is InChI=1S/C14H21ClN2/c1-12(13-3-5-14(15)6-4-13)11-17-9-2-7-16-8-10-17/h3-6,12,16H,2,7-11H2,1H3. The Bertz CT molecular complexity index is 329. The molecule has 1 fully saturated rings. The fraction of sp³-hybridized carbons (Fsp3) is 0.571. The smallest absolute Gasteiger partial charge is 0.0406 e. The second-order valence-corrected chi connectivity index (χ2v) is 5.29. The third-order valence-corrected chi connectivity index (χ3v) is 3.66. The number of halogens is 1. The lowest BCUT2D eigenvalue weighted by molar-refractivity contribution is 0.278. The Balaban J connectivity index is 1.91. The molecule has 0 spiro atoms. The van der Waals surface area contributed by atoms with Crippen LogP contribution in [0.25, 0.3) is 0 Å². The molecule has 1 aromatic carbocycles. The highest BCUT2D eigenvalue weighted by Gasteiger charge is 2.13. The zero-order valence-electron chi connectivity index (χ0n) is 10.5. The molecule has 2 rings (SSSR count). The molecule has 1 aliphatic rings. The summed E-state index contributed by atoms with van der Waals surface area (Å²) in [6.45, 7) is 8.09. The predicted octanol–water partition coefficient (Wildman–Crippen LogP) is 2.74. The number of benzene rings is 1. The minimum atomic E-state index is 0.574. The molecule has 0 saturated carbocycles. The van der Waals surface area contributed by atoms with E-state index in [0.717, 1.165) is 31.2 Å². The summed E-state index contributed by atoms with van der Waals surface area (Å²) in [5.74, 6) is 0.574. The molecule has 0 radical (unpaired) electrons. The van der Waals surface area contributed by atoms with Crippen molar-refractivity contribution in [1.29, 1.82) is 0 Å². The average Bonchev–Trinajstić information content (AvgIpc) is 2.58. The van der Waals surface area contributed by atoms with Crippen LogP contribution in [0.3, 0.4) is 0 Å². The van der Waals surface area contributed by atoms with Crippen LogP contribution in [0.2, 0.25) is 5.02 Å². The van der Waals surface area contributed by atoms with Gasteiger partial charge in [0.1, 0.15) is 0 Å². The van der Waals surface area contributed by atoms with Crippen LogP contribution in [-0.2, 0) is 0 Å². The van der Waals surface area contributed by atoms with Crippen molar-refractivity contribution in [3.05, 3.63) is 34.9 Å². The SMILES string of the molecule is CC(CN1CCCNCC1)c1ccc(Cl)cc1. The lowest BCUT2D eigenvalue weighted by atomic mass is 10.0. The van der Waals surface area contributed by atoms with Gasteiger partial charge >= 0.3 is 0 Å². The largest absolute Gasteiger partial charge is 0.315 e. The Hall–Kier alpha value is -0.570. The van der Waals surface area contributed by atoms with E-state index in [1.165, 1.54) is 18.5 Å². The summed E-state index contributed by atoms with van der Waals surface area (Å²) in [5, 5.41) is 4.26. The van der Waals surface area contributed by atoms with Crippen molar-refractivity contribution in [2.45, 2.75) is 19.3 Å². The minimum absolute atomic E-state index is 0.574. The van der Waals surface area contributed by atoms with Crippen LogP contribution in [0.5, 0.6) is 0 Å². The van der Waals surface area contributed by atoms with Crippen molar-refractivity contribution in [1.82, 2.24) is 10.2 Å². The Morgan fingerprint density at radius 1 is 1.24 bits per heavy atom. The lowest BCUT2D eigenvalue weighted by Crippen LogP contribution is -2.31. The molecule has 1 unspecified atom stereocenters. The predicted molar refractivity (Wildman–Crippen MR) is 73.8 cm³/mol. The first-order valence-corrected chi connectivity index (χ1v) is 6.82. The molecule has 0 aliphatic carbocycles. The summed E-state index contributed by atoms with van der Waals surface area (Å²) in [6.07, 6.45) is 1.26. The van der Waals surface area contributed by atoms with Gasteiger partial charge in [0.15, 0.2) is 0 Å². The van der Waals surface area contributed by atoms with Crippen LogP contribution in [0.4, 0.5) is 0 Å². The maximum atomic E-state index is 5.91. The van der Waals surface area contributed by atoms with Gasteiger partial charge in [0.05, 0.1) is 0 Å². The van der Waals surface area contributed by atoms with E-state index < -0.39 is 0 Å². The molecule has 1 aromatic rings. The van der Waals surface area contributed by atoms with Gasteiger partial charge in [0.2, 0.25) is 0 Å². The van der Waals surface area contributed by atoms with E-state index in [4.69, 9.17) is 11.6 Å². The fourth-order valence-electron chi connectivity index (χ4n) is 2.37. The minimum Gasteiger partial charge on any atom is -0.315 e. The van der Waals surface area contributed by atoms with E-state index in [-0.39, 0.29) is 0 Å². The van der Waals surface area contributed by atoms with Gasteiger partial charge in [-0.2, -0.15) is 0 Å². The summed E-state index contributed by atoms with van der Waals surface area (Å²) in [4.78, 5) is 2.55. The molecule has 1 saturated heterocycles. The molecule has 3 heteroatoms. The van der Waals surface area contributed by atoms with E-state index in [0.29, 0.717) is 5.92 Å². The van der Waals surface area contributed by atoms with Gasteiger partial charge in [-0.1, -0.05) is 30.7 Å². The first-order valence-electron chi connectivity index (χ1n) is 6.44. The fourth-order valence-corrected chi connectivity index (χ4v) is 2.49. The van der Waals surface area contributed by atoms with Gasteiger partial charge in [-0.05, 0) is 43.1 Å². The van der Waals surface area contributed by atoms with E-state index in [1.54, 1.807) is 0 Å². The third kappa shape index (κ3) is 3.98. The summed E-state index contributed by atoms with van der Waals surface area (Å²) < 4.78 is 0. The first kappa shape index (κ1) is 12.9. The van der Waals surface area contributed by atoms with Crippen molar-refractivity contribution in [3.63, 3.8) is 0 Å². The van der Waals surface area contributed by atoms with Gasteiger partial charge in [-0.25, -0.2) is 0 Å². The second kappa shape index (κ2) is 6.39. The van der Waals surface area contributed by atoms with Crippen LogP contribution in [0, 0.1) is 0 Å². The molecule has 1 aliphatic heterocycles. The molecular weight excluding hydrogens is 232 g/mol. The summed E-state index contributed by atoms with van der Waals surface area (Å²) in [6, 6.07) is 8.25. The van der Waals surface area contributed by atoms with Crippen molar-refractivity contribution in [2.75, 3.05) is 32.7 Å². The second-order valence-electron chi connectivity index (χ2n) is 4.86. The van der Waals surface area contributed by atoms with Crippen molar-refractivity contribution in [3.8, 4) is 0 Å². The van der Waals surface area contributed by atoms with Gasteiger partial charge in [0, 0.05) is 24.7 Å². The number of nitrogens with one attached hydrogen (secondary N) is 1. The lowest BCUT2D eigenvalue weighted by Gasteiger charge is -2.23. The number of rotatable bonds is 3. The monoisotopic (exact) mass is 252 g/mol. The van der Waals surface area contributed by atoms with Crippen molar-refractivity contribution < 1.29 is 0 Å². The van der Waals surface area contributed by atoms with E-state index in [1.807, 2.05) is 12.1 Å². The maximum Gasteiger partial charge on any atom is 0.0406 e. The average molecular weight is 253 g/mol. The first-order chi connectivity index (χ1) is 8.25. The Morgan fingerprint density at radius 3 is 2.76 bits per heavy atom. The normalized spacial score (nSPS) is 19.9. The van der Waals surface area contributed by atoms with Crippen LogP contribution >= 0.6 is 11.6 Å². The molecule has 2 nitrogen and oxygen atoms in total. The van der Waals surface area contributed by atoms with E-state index >= 15 is 0 Å². The van der Waals surface area contributed by atoms with Crippen LogP contribution in [0.15, 0.2) is 24.3 Å². The highest BCUT2D eigenvalue weighted by Crippen LogP contribution is 2.19. The van der Waals surface area contributed by atoms with Crippen molar-refractivity contribution >= 4 is 11.6 Å². The zero-order chi connectivity index (χ0) is 12.1. The molecule has 17 heavy (non-hydrogen) atoms. The molecule has 0 bridgehead atoms. The number of nitrogens with zero attached hydrogens (tertiary/aromatic N) is 1. The molecule has 0 aromatic heterocycles. The molecule has 1 N–H and O–H groups in total. The van der Waals surface area contributed by atoms with Crippen LogP contribution < -0.4 is 5.32 Å². The highest BCUT2D eigenvalue weighted by molar-refractivity contribution is 6.30. The Kier molecular flexibility index (Phi) is 4.84. The number of hydrogen-bond donors (Lipinski definition) is 1. The van der Waals surface area contributed by atoms with Crippen molar-refractivity contribution in [2.24, 2.45) is 0 Å². The van der Waals surface area contributed by atoms with Gasteiger partial charge in [-0.3, -0.25) is 0 Å². The molecule has 0 amide bonds. The van der Waals surface area contributed by atoms with Crippen LogP contribution in [0.1, 0.15) is 24.8 Å². The van der Waals surface area contributed by atoms with Gasteiger partial charge in [-0.15, -0.1) is 0 Å². The molecular formula is C14H21ClN2. The zero-order valence-corrected chi connectivity index (χ0v) is 11.2. The van der Waals surface area contributed by atoms with E-state index in [9.17, 15) is 0 Å². The Labute approximate surface area is 109 Å². The van der Waals surface area contributed by atoms with Crippen LogP contribution in [-0.4, -0.2) is 37.6 Å². The summed E-state index contributed by atoms with van der Waals surface area (Å²) >= 11 is 5.91. The molecule has 1 heterocycles.